The molecular weight excluding hydrogens is 446 g/mol. The number of benzene rings is 2. The molecule has 0 bridgehead atoms. The predicted octanol–water partition coefficient (Wildman–Crippen LogP) is 5.27. The summed E-state index contributed by atoms with van der Waals surface area (Å²) in [5.41, 5.74) is 12.5. The Labute approximate surface area is 202 Å². The molecule has 0 spiro atoms. The van der Waals surface area contributed by atoms with Crippen LogP contribution in [0.15, 0.2) is 66.9 Å². The molecule has 0 radical (unpaired) electrons. The summed E-state index contributed by atoms with van der Waals surface area (Å²) in [6.45, 7) is 3.77. The van der Waals surface area contributed by atoms with Gasteiger partial charge in [-0.25, -0.2) is 9.97 Å². The van der Waals surface area contributed by atoms with E-state index < -0.39 is 11.1 Å². The van der Waals surface area contributed by atoms with Gasteiger partial charge in [0.15, 0.2) is 11.3 Å². The fraction of sp³-hybridized carbons (Fsp3) is 0.222. The Morgan fingerprint density at radius 3 is 2.50 bits per heavy atom. The van der Waals surface area contributed by atoms with E-state index in [0.29, 0.717) is 17.9 Å². The summed E-state index contributed by atoms with van der Waals surface area (Å²) in [6, 6.07) is 20.0. The molecule has 0 saturated heterocycles. The Morgan fingerprint density at radius 2 is 1.79 bits per heavy atom. The second-order valence-electron chi connectivity index (χ2n) is 9.71. The standard InChI is InChI=1S/C27H24ClN5O/c1-16-10-23-30-13-19-12-22(18-4-3-5-21(28)11-18)24(31-25(19)33(23)32-16)17-6-8-20(9-7-17)27(29)14-26(2,34)15-27/h3-13,34H,14-15,29H2,1-2H3/t26-,27-. The minimum atomic E-state index is -0.700. The lowest BCUT2D eigenvalue weighted by Crippen LogP contribution is -2.58. The molecule has 1 fully saturated rings. The molecule has 1 aliphatic rings. The van der Waals surface area contributed by atoms with Gasteiger partial charge in [-0.15, -0.1) is 0 Å². The smallest absolute Gasteiger partial charge is 0.165 e. The Kier molecular flexibility index (Phi) is 4.58. The molecule has 1 aliphatic carbocycles. The van der Waals surface area contributed by atoms with E-state index in [1.165, 1.54) is 0 Å². The van der Waals surface area contributed by atoms with Crippen molar-refractivity contribution in [2.75, 3.05) is 0 Å². The van der Waals surface area contributed by atoms with Gasteiger partial charge in [0.25, 0.3) is 0 Å². The predicted molar refractivity (Wildman–Crippen MR) is 135 cm³/mol. The summed E-state index contributed by atoms with van der Waals surface area (Å²) in [5.74, 6) is 0. The number of rotatable bonds is 3. The molecule has 5 aromatic rings. The van der Waals surface area contributed by atoms with Crippen molar-refractivity contribution in [3.05, 3.63) is 83.1 Å². The minimum absolute atomic E-state index is 0.501. The van der Waals surface area contributed by atoms with Gasteiger partial charge >= 0.3 is 0 Å². The molecule has 6 rings (SSSR count). The number of pyridine rings is 1. The van der Waals surface area contributed by atoms with Crippen molar-refractivity contribution in [3.8, 4) is 22.4 Å². The van der Waals surface area contributed by atoms with Gasteiger partial charge in [0, 0.05) is 39.3 Å². The van der Waals surface area contributed by atoms with Gasteiger partial charge in [-0.2, -0.15) is 9.61 Å². The number of aliphatic hydroxyl groups is 1. The molecule has 7 heteroatoms. The molecule has 0 amide bonds. The topological polar surface area (TPSA) is 89.3 Å². The lowest BCUT2D eigenvalue weighted by atomic mass is 9.63. The summed E-state index contributed by atoms with van der Waals surface area (Å²) in [6.07, 6.45) is 2.93. The molecule has 1 saturated carbocycles. The molecule has 2 aromatic carbocycles. The number of hydrogen-bond acceptors (Lipinski definition) is 5. The molecule has 3 aromatic heterocycles. The van der Waals surface area contributed by atoms with Crippen LogP contribution in [-0.4, -0.2) is 30.3 Å². The molecule has 3 N–H and O–H groups in total. The van der Waals surface area contributed by atoms with Crippen LogP contribution in [0.1, 0.15) is 31.0 Å². The average molecular weight is 470 g/mol. The van der Waals surface area contributed by atoms with Crippen molar-refractivity contribution in [1.29, 1.82) is 0 Å². The van der Waals surface area contributed by atoms with Crippen molar-refractivity contribution in [2.45, 2.75) is 37.8 Å². The lowest BCUT2D eigenvalue weighted by molar-refractivity contribution is -0.0738. The summed E-state index contributed by atoms with van der Waals surface area (Å²) in [7, 11) is 0. The van der Waals surface area contributed by atoms with Gasteiger partial charge in [0.1, 0.15) is 0 Å². The van der Waals surface area contributed by atoms with Gasteiger partial charge in [-0.1, -0.05) is 48.0 Å². The number of nitrogens with zero attached hydrogens (tertiary/aromatic N) is 4. The SMILES string of the molecule is Cc1cc2ncc3cc(-c4cccc(Cl)c4)c(-c4ccc([C@]5(N)C[C@](C)(O)C5)cc4)nc3n2n1. The van der Waals surface area contributed by atoms with E-state index >= 15 is 0 Å². The molecule has 170 valence electrons. The van der Waals surface area contributed by atoms with Crippen LogP contribution in [0.2, 0.25) is 5.02 Å². The highest BCUT2D eigenvalue weighted by Crippen LogP contribution is 2.46. The Hall–Kier alpha value is -3.32. The van der Waals surface area contributed by atoms with Crippen LogP contribution in [-0.2, 0) is 5.54 Å². The molecule has 3 heterocycles. The third-order valence-corrected chi connectivity index (χ3v) is 6.88. The third kappa shape index (κ3) is 3.46. The van der Waals surface area contributed by atoms with E-state index in [1.807, 2.05) is 74.6 Å². The first-order valence-electron chi connectivity index (χ1n) is 11.3. The highest BCUT2D eigenvalue weighted by Gasteiger charge is 2.49. The molecule has 0 atom stereocenters. The van der Waals surface area contributed by atoms with Crippen molar-refractivity contribution in [2.24, 2.45) is 5.73 Å². The number of nitrogens with two attached hydrogens (primary N) is 1. The summed E-state index contributed by atoms with van der Waals surface area (Å²) in [5, 5.41) is 16.4. The second kappa shape index (κ2) is 7.34. The van der Waals surface area contributed by atoms with Gasteiger partial charge in [0.2, 0.25) is 0 Å². The molecular formula is C27H24ClN5O. The van der Waals surface area contributed by atoms with Crippen molar-refractivity contribution >= 4 is 28.3 Å². The van der Waals surface area contributed by atoms with E-state index in [9.17, 15) is 5.11 Å². The van der Waals surface area contributed by atoms with Crippen LogP contribution in [0.4, 0.5) is 0 Å². The van der Waals surface area contributed by atoms with Gasteiger partial charge < -0.3 is 10.8 Å². The molecule has 34 heavy (non-hydrogen) atoms. The maximum absolute atomic E-state index is 10.2. The van der Waals surface area contributed by atoms with Gasteiger partial charge in [0.05, 0.1) is 17.0 Å². The largest absolute Gasteiger partial charge is 0.390 e. The van der Waals surface area contributed by atoms with E-state index in [1.54, 1.807) is 4.52 Å². The van der Waals surface area contributed by atoms with Crippen LogP contribution < -0.4 is 5.73 Å². The van der Waals surface area contributed by atoms with Crippen LogP contribution >= 0.6 is 11.6 Å². The Balaban J connectivity index is 1.54. The first kappa shape index (κ1) is 21.2. The lowest BCUT2D eigenvalue weighted by Gasteiger charge is -2.49. The zero-order valence-electron chi connectivity index (χ0n) is 19.0. The number of fused-ring (bicyclic) bond motifs is 3. The third-order valence-electron chi connectivity index (χ3n) is 6.64. The first-order chi connectivity index (χ1) is 16.2. The summed E-state index contributed by atoms with van der Waals surface area (Å²) < 4.78 is 1.79. The van der Waals surface area contributed by atoms with Crippen LogP contribution in [0, 0.1) is 6.92 Å². The first-order valence-corrected chi connectivity index (χ1v) is 11.6. The maximum Gasteiger partial charge on any atom is 0.165 e. The highest BCUT2D eigenvalue weighted by atomic mass is 35.5. The fourth-order valence-electron chi connectivity index (χ4n) is 5.22. The van der Waals surface area contributed by atoms with Crippen LogP contribution in [0.25, 0.3) is 39.1 Å². The number of aromatic nitrogens is 4. The minimum Gasteiger partial charge on any atom is -0.390 e. The molecule has 0 unspecified atom stereocenters. The molecule has 6 nitrogen and oxygen atoms in total. The van der Waals surface area contributed by atoms with Crippen molar-refractivity contribution in [1.82, 2.24) is 19.6 Å². The van der Waals surface area contributed by atoms with Gasteiger partial charge in [-0.05, 0) is 56.0 Å². The number of hydrogen-bond donors (Lipinski definition) is 2. The quantitative estimate of drug-likeness (QED) is 0.375. The van der Waals surface area contributed by atoms with Gasteiger partial charge in [-0.3, -0.25) is 0 Å². The monoisotopic (exact) mass is 469 g/mol. The van der Waals surface area contributed by atoms with E-state index in [-0.39, 0.29) is 0 Å². The fourth-order valence-corrected chi connectivity index (χ4v) is 5.41. The van der Waals surface area contributed by atoms with E-state index in [2.05, 4.69) is 16.1 Å². The second-order valence-corrected chi connectivity index (χ2v) is 10.1. The van der Waals surface area contributed by atoms with Crippen molar-refractivity contribution in [3.63, 3.8) is 0 Å². The average Bonchev–Trinajstić information content (AvgIpc) is 3.18. The van der Waals surface area contributed by atoms with E-state index in [0.717, 1.165) is 50.3 Å². The normalized spacial score (nSPS) is 22.3. The number of aryl methyl sites for hydroxylation is 1. The highest BCUT2D eigenvalue weighted by molar-refractivity contribution is 6.30. The number of halogens is 1. The Morgan fingerprint density at radius 1 is 1.03 bits per heavy atom. The Bertz CT molecular complexity index is 1560. The maximum atomic E-state index is 10.2. The van der Waals surface area contributed by atoms with Crippen LogP contribution in [0.3, 0.4) is 0 Å². The summed E-state index contributed by atoms with van der Waals surface area (Å²) in [4.78, 5) is 9.64. The zero-order valence-corrected chi connectivity index (χ0v) is 19.7. The zero-order chi connectivity index (χ0) is 23.7. The van der Waals surface area contributed by atoms with Crippen molar-refractivity contribution < 1.29 is 5.11 Å². The molecule has 0 aliphatic heterocycles. The van der Waals surface area contributed by atoms with Crippen LogP contribution in [0.5, 0.6) is 0 Å². The summed E-state index contributed by atoms with van der Waals surface area (Å²) >= 11 is 6.33. The van der Waals surface area contributed by atoms with E-state index in [4.69, 9.17) is 22.3 Å².